The smallest absolute Gasteiger partial charge is 0.298 e. The second-order valence-electron chi connectivity index (χ2n) is 7.69. The number of benzene rings is 1. The van der Waals surface area contributed by atoms with Gasteiger partial charge in [-0.05, 0) is 66.2 Å². The molecule has 0 spiro atoms. The zero-order valence-corrected chi connectivity index (χ0v) is 19.5. The average Bonchev–Trinajstić information content (AvgIpc) is 3.32. The first-order valence-corrected chi connectivity index (χ1v) is 11.9. The third-order valence-electron chi connectivity index (χ3n) is 5.41. The molecule has 1 aromatic carbocycles. The Morgan fingerprint density at radius 3 is 2.91 bits per heavy atom. The van der Waals surface area contributed by atoms with Crippen LogP contribution in [0.2, 0.25) is 0 Å². The van der Waals surface area contributed by atoms with Gasteiger partial charge in [-0.15, -0.1) is 11.3 Å². The molecular weight excluding hydrogens is 448 g/mol. The summed E-state index contributed by atoms with van der Waals surface area (Å²) in [6, 6.07) is 9.23. The van der Waals surface area contributed by atoms with Crippen molar-refractivity contribution in [1.29, 1.82) is 5.26 Å². The molecule has 3 aromatic rings. The second kappa shape index (κ2) is 9.22. The highest BCUT2D eigenvalue weighted by molar-refractivity contribution is 8.00. The Hall–Kier alpha value is -3.03. The van der Waals surface area contributed by atoms with Crippen LogP contribution in [0, 0.1) is 17.2 Å². The van der Waals surface area contributed by atoms with Crippen LogP contribution in [0.1, 0.15) is 36.3 Å². The number of nitrogens with one attached hydrogen (secondary N) is 1. The number of thiophene rings is 1. The summed E-state index contributed by atoms with van der Waals surface area (Å²) >= 11 is 2.53. The van der Waals surface area contributed by atoms with Crippen molar-refractivity contribution in [3.8, 4) is 23.5 Å². The molecule has 2 heterocycles. The Morgan fingerprint density at radius 1 is 1.47 bits per heavy atom. The normalized spacial score (nSPS) is 16.1. The topological polar surface area (TPSA) is 115 Å². The van der Waals surface area contributed by atoms with E-state index in [2.05, 4.69) is 23.6 Å². The number of ether oxygens (including phenoxy) is 1. The van der Waals surface area contributed by atoms with E-state index < -0.39 is 11.2 Å². The summed E-state index contributed by atoms with van der Waals surface area (Å²) in [4.78, 5) is 14.1. The molecule has 2 aromatic heterocycles. The fourth-order valence-electron chi connectivity index (χ4n) is 3.62. The Bertz CT molecular complexity index is 1180. The molecule has 0 bridgehead atoms. The minimum absolute atomic E-state index is 0.192. The molecule has 1 amide bonds. The summed E-state index contributed by atoms with van der Waals surface area (Å²) in [5.74, 6) is 0.329. The standard InChI is InChI=1S/C22H22N4O4S2/c1-12-4-9-16-17(11-23)20(32-18(16)10-12)24-19(27)13(2)31-21-22(28)30-25-26(21)14-5-7-15(29-3)8-6-14/h5-8,12-13H,4,9-10H2,1-3H3,(H-,24,25,27,28). The van der Waals surface area contributed by atoms with Gasteiger partial charge in [0.2, 0.25) is 11.6 Å². The van der Waals surface area contributed by atoms with Gasteiger partial charge in [0.05, 0.1) is 23.2 Å². The first-order chi connectivity index (χ1) is 15.4. The Morgan fingerprint density at radius 2 is 2.22 bits per heavy atom. The molecule has 1 aliphatic rings. The Balaban J connectivity index is 1.52. The lowest BCUT2D eigenvalue weighted by Crippen LogP contribution is -2.36. The number of rotatable bonds is 6. The number of hydrogen-bond acceptors (Lipinski definition) is 8. The molecule has 2 unspecified atom stereocenters. The molecule has 0 radical (unpaired) electrons. The van der Waals surface area contributed by atoms with Crippen molar-refractivity contribution < 1.29 is 23.8 Å². The van der Waals surface area contributed by atoms with Gasteiger partial charge in [-0.25, -0.2) is 0 Å². The van der Waals surface area contributed by atoms with Gasteiger partial charge in [0.25, 0.3) is 5.03 Å². The number of aromatic nitrogens is 2. The van der Waals surface area contributed by atoms with Crippen molar-refractivity contribution in [1.82, 2.24) is 5.27 Å². The molecule has 0 aliphatic heterocycles. The van der Waals surface area contributed by atoms with Crippen molar-refractivity contribution in [2.24, 2.45) is 5.92 Å². The molecule has 0 fully saturated rings. The van der Waals surface area contributed by atoms with E-state index >= 15 is 0 Å². The molecule has 1 aliphatic carbocycles. The molecule has 32 heavy (non-hydrogen) atoms. The number of hydrogen-bond donors (Lipinski definition) is 1. The number of nitrogens with zero attached hydrogens (tertiary/aromatic N) is 3. The van der Waals surface area contributed by atoms with Gasteiger partial charge in [-0.2, -0.15) is 5.26 Å². The molecule has 166 valence electrons. The Labute approximate surface area is 193 Å². The molecule has 1 N–H and O–H groups in total. The predicted molar refractivity (Wildman–Crippen MR) is 118 cm³/mol. The zero-order valence-electron chi connectivity index (χ0n) is 17.9. The Kier molecular flexibility index (Phi) is 6.39. The van der Waals surface area contributed by atoms with E-state index in [0.717, 1.165) is 36.6 Å². The highest BCUT2D eigenvalue weighted by atomic mass is 32.2. The van der Waals surface area contributed by atoms with Gasteiger partial charge in [-0.1, -0.05) is 6.92 Å². The van der Waals surface area contributed by atoms with Crippen LogP contribution < -0.4 is 19.8 Å². The number of carbonyl (C=O) groups is 1. The quantitative estimate of drug-likeness (QED) is 0.434. The van der Waals surface area contributed by atoms with E-state index in [-0.39, 0.29) is 10.9 Å². The number of methoxy groups -OCH3 is 1. The van der Waals surface area contributed by atoms with E-state index in [1.807, 2.05) is 0 Å². The monoisotopic (exact) mass is 470 g/mol. The largest absolute Gasteiger partial charge is 0.538 e. The number of carbonyl (C=O) groups excluding carboxylic acids is 1. The van der Waals surface area contributed by atoms with Crippen LogP contribution in [0.4, 0.5) is 5.00 Å². The van der Waals surface area contributed by atoms with Gasteiger partial charge in [0.15, 0.2) is 5.95 Å². The third-order valence-corrected chi connectivity index (χ3v) is 7.71. The van der Waals surface area contributed by atoms with Gasteiger partial charge in [0, 0.05) is 17.0 Å². The van der Waals surface area contributed by atoms with Crippen LogP contribution in [0.3, 0.4) is 0 Å². The summed E-state index contributed by atoms with van der Waals surface area (Å²) in [6.07, 6.45) is 2.83. The van der Waals surface area contributed by atoms with Crippen molar-refractivity contribution in [3.05, 3.63) is 40.3 Å². The molecule has 4 rings (SSSR count). The molecule has 0 saturated heterocycles. The van der Waals surface area contributed by atoms with Crippen molar-refractivity contribution >= 4 is 34.0 Å². The fourth-order valence-corrected chi connectivity index (χ4v) is 5.86. The lowest BCUT2D eigenvalue weighted by atomic mass is 9.89. The number of thioether (sulfide) groups is 1. The van der Waals surface area contributed by atoms with Crippen LogP contribution in [0.15, 0.2) is 33.8 Å². The minimum atomic E-state index is -0.622. The lowest BCUT2D eigenvalue weighted by molar-refractivity contribution is -0.705. The molecule has 8 nitrogen and oxygen atoms in total. The maximum Gasteiger partial charge on any atom is 0.298 e. The first-order valence-electron chi connectivity index (χ1n) is 10.2. The van der Waals surface area contributed by atoms with Crippen LogP contribution in [-0.2, 0) is 17.6 Å². The third kappa shape index (κ3) is 4.31. The minimum Gasteiger partial charge on any atom is -0.538 e. The SMILES string of the molecule is COc1ccc(-[n+]2noc([O-])c2SC(C)C(=O)Nc2sc3c(c2C#N)CCC(C)C3)cc1. The zero-order chi connectivity index (χ0) is 22.8. The highest BCUT2D eigenvalue weighted by Crippen LogP contribution is 2.39. The highest BCUT2D eigenvalue weighted by Gasteiger charge is 2.29. The molecule has 0 saturated carbocycles. The lowest BCUT2D eigenvalue weighted by Gasteiger charge is -2.17. The predicted octanol–water partition coefficient (Wildman–Crippen LogP) is 3.21. The molecule has 10 heteroatoms. The van der Waals surface area contributed by atoms with Crippen LogP contribution in [-0.4, -0.2) is 23.5 Å². The summed E-state index contributed by atoms with van der Waals surface area (Å²) in [7, 11) is 1.57. The average molecular weight is 471 g/mol. The maximum absolute atomic E-state index is 12.9. The number of amides is 1. The van der Waals surface area contributed by atoms with Gasteiger partial charge >= 0.3 is 0 Å². The van der Waals surface area contributed by atoms with E-state index in [9.17, 15) is 15.2 Å². The summed E-state index contributed by atoms with van der Waals surface area (Å²) in [5, 5.41) is 28.8. The molecular formula is C22H22N4O4S2. The second-order valence-corrected chi connectivity index (χ2v) is 10.1. The van der Waals surface area contributed by atoms with Crippen molar-refractivity contribution in [2.45, 2.75) is 43.4 Å². The van der Waals surface area contributed by atoms with E-state index in [4.69, 9.17) is 9.26 Å². The summed E-state index contributed by atoms with van der Waals surface area (Å²) in [5.41, 5.74) is 2.23. The molecule has 2 atom stereocenters. The maximum atomic E-state index is 12.9. The van der Waals surface area contributed by atoms with E-state index in [0.29, 0.717) is 27.9 Å². The summed E-state index contributed by atoms with van der Waals surface area (Å²) < 4.78 is 11.4. The van der Waals surface area contributed by atoms with E-state index in [1.165, 1.54) is 20.9 Å². The van der Waals surface area contributed by atoms with Crippen LogP contribution in [0.25, 0.3) is 5.69 Å². The number of nitriles is 1. The number of fused-ring (bicyclic) bond motifs is 1. The fraction of sp³-hybridized carbons (Fsp3) is 0.364. The van der Waals surface area contributed by atoms with Crippen LogP contribution >= 0.6 is 23.1 Å². The van der Waals surface area contributed by atoms with Crippen molar-refractivity contribution in [2.75, 3.05) is 12.4 Å². The van der Waals surface area contributed by atoms with Gasteiger partial charge in [0.1, 0.15) is 16.8 Å². The van der Waals surface area contributed by atoms with Crippen LogP contribution in [0.5, 0.6) is 11.7 Å². The van der Waals surface area contributed by atoms with Gasteiger partial charge < -0.3 is 19.7 Å². The van der Waals surface area contributed by atoms with Gasteiger partial charge in [-0.3, -0.25) is 4.79 Å². The summed E-state index contributed by atoms with van der Waals surface area (Å²) in [6.45, 7) is 3.90. The van der Waals surface area contributed by atoms with Crippen molar-refractivity contribution in [3.63, 3.8) is 0 Å². The van der Waals surface area contributed by atoms with E-state index in [1.54, 1.807) is 38.3 Å². The first kappa shape index (κ1) is 22.2. The number of anilines is 1.